The molecule has 152 valence electrons. The largest absolute Gasteiger partial charge is 0.381 e. The summed E-state index contributed by atoms with van der Waals surface area (Å²) in [6.45, 7) is 2.87. The summed E-state index contributed by atoms with van der Waals surface area (Å²) in [5, 5.41) is 82.8. The maximum absolute atomic E-state index is 12.1. The summed E-state index contributed by atoms with van der Waals surface area (Å²) in [7, 11) is 0. The van der Waals surface area contributed by atoms with Gasteiger partial charge in [0.1, 0.15) is 0 Å². The molecule has 1 aliphatic heterocycles. The highest BCUT2D eigenvalue weighted by molar-refractivity contribution is 5.45. The minimum absolute atomic E-state index is 0.105. The average molecular weight is 383 g/mol. The molecule has 8 nitrogen and oxygen atoms in total. The van der Waals surface area contributed by atoms with Crippen molar-refractivity contribution in [1.82, 2.24) is 5.32 Å². The fourth-order valence-corrected chi connectivity index (χ4v) is 9.38. The number of aliphatic hydroxyl groups is 7. The van der Waals surface area contributed by atoms with Gasteiger partial charge in [0.25, 0.3) is 0 Å². The fourth-order valence-electron chi connectivity index (χ4n) is 9.38. The minimum Gasteiger partial charge on any atom is -0.381 e. The Kier molecular flexibility index (Phi) is 2.67. The van der Waals surface area contributed by atoms with Gasteiger partial charge in [0.15, 0.2) is 16.8 Å². The predicted molar refractivity (Wildman–Crippen MR) is 89.7 cm³/mol. The third kappa shape index (κ3) is 1.20. The van der Waals surface area contributed by atoms with Crippen LogP contribution >= 0.6 is 0 Å². The normalized spacial score (nSPS) is 66.7. The van der Waals surface area contributed by atoms with Crippen LogP contribution in [0.5, 0.6) is 0 Å². The van der Waals surface area contributed by atoms with Crippen LogP contribution in [0.2, 0.25) is 0 Å². The Balaban J connectivity index is 1.73. The Labute approximate surface area is 156 Å². The number of piperidine rings is 1. The van der Waals surface area contributed by atoms with Gasteiger partial charge in [-0.05, 0) is 49.4 Å². The first-order valence-electron chi connectivity index (χ1n) is 10.2. The van der Waals surface area contributed by atoms with Crippen molar-refractivity contribution < 1.29 is 35.7 Å². The lowest BCUT2D eigenvalue weighted by Gasteiger charge is -2.69. The predicted octanol–water partition coefficient (Wildman–Crippen LogP) is -2.24. The number of nitrogens with one attached hydrogen (secondary N) is 1. The van der Waals surface area contributed by atoms with E-state index >= 15 is 0 Å². The van der Waals surface area contributed by atoms with Crippen molar-refractivity contribution in [3.05, 3.63) is 0 Å². The van der Waals surface area contributed by atoms with Crippen molar-refractivity contribution in [2.24, 2.45) is 28.6 Å². The van der Waals surface area contributed by atoms with Crippen molar-refractivity contribution in [1.29, 1.82) is 0 Å². The molecule has 6 fully saturated rings. The van der Waals surface area contributed by atoms with Crippen LogP contribution in [-0.2, 0) is 0 Å². The summed E-state index contributed by atoms with van der Waals surface area (Å²) in [4.78, 5) is 0. The monoisotopic (exact) mass is 383 g/mol. The second kappa shape index (κ2) is 4.11. The Hall–Kier alpha value is -0.320. The molecule has 6 rings (SSSR count). The molecule has 5 aliphatic carbocycles. The summed E-state index contributed by atoms with van der Waals surface area (Å²) < 4.78 is 0. The molecule has 0 amide bonds. The third-order valence-corrected chi connectivity index (χ3v) is 10.3. The highest BCUT2D eigenvalue weighted by atomic mass is 16.6. The van der Waals surface area contributed by atoms with Crippen LogP contribution in [0.1, 0.15) is 45.4 Å². The lowest BCUT2D eigenvalue weighted by atomic mass is 9.42. The van der Waals surface area contributed by atoms with Crippen LogP contribution in [-0.4, -0.2) is 76.7 Å². The van der Waals surface area contributed by atoms with Gasteiger partial charge in [-0.2, -0.15) is 0 Å². The van der Waals surface area contributed by atoms with Gasteiger partial charge in [-0.3, -0.25) is 0 Å². The molecular weight excluding hydrogens is 354 g/mol. The van der Waals surface area contributed by atoms with Gasteiger partial charge in [-0.15, -0.1) is 0 Å². The molecule has 0 aromatic rings. The number of hydrogen-bond acceptors (Lipinski definition) is 8. The van der Waals surface area contributed by atoms with E-state index in [1.54, 1.807) is 0 Å². The maximum Gasteiger partial charge on any atom is 0.231 e. The maximum atomic E-state index is 12.1. The van der Waals surface area contributed by atoms with Gasteiger partial charge in [-0.1, -0.05) is 13.3 Å². The highest BCUT2D eigenvalue weighted by Crippen LogP contribution is 2.82. The second-order valence-corrected chi connectivity index (χ2v) is 10.7. The molecule has 7 bridgehead atoms. The molecule has 5 saturated carbocycles. The van der Waals surface area contributed by atoms with E-state index in [2.05, 4.69) is 12.2 Å². The van der Waals surface area contributed by atoms with E-state index in [0.717, 1.165) is 19.4 Å². The molecule has 0 unspecified atom stereocenters. The number of fused-ring (bicyclic) bond motifs is 2. The summed E-state index contributed by atoms with van der Waals surface area (Å²) in [6.07, 6.45) is 2.64. The SMILES string of the molecule is C[C@]12CCC[C@]34[C@H](NC1)[C@H](C[C@H]23)[C@H]1CC[C@@]2(O)C(O)(O)[C@]4(O)[C@]1(O)C2(O)O. The zero-order valence-corrected chi connectivity index (χ0v) is 15.4. The standard InChI is InChI=1S/C19H29NO7/c1-13-4-2-5-14-11(13)7-9(12(14)20-8-13)10-3-6-15(21)18(24,25)16(10,22)17(14,23)19(15,26)27/h9-12,20-27H,2-8H2,1H3/t9-,10-,11-,12-,13+,14-,15+,16+,17-/m1/s1. The molecule has 1 saturated heterocycles. The van der Waals surface area contributed by atoms with E-state index in [1.807, 2.05) is 0 Å². The summed E-state index contributed by atoms with van der Waals surface area (Å²) in [5.74, 6) is -7.46. The van der Waals surface area contributed by atoms with Crippen LogP contribution in [0, 0.1) is 28.6 Å². The van der Waals surface area contributed by atoms with Gasteiger partial charge in [0.05, 0.1) is 0 Å². The Morgan fingerprint density at radius 2 is 1.59 bits per heavy atom. The van der Waals surface area contributed by atoms with Crippen LogP contribution in [0.3, 0.4) is 0 Å². The topological polar surface area (TPSA) is 154 Å². The van der Waals surface area contributed by atoms with E-state index in [-0.39, 0.29) is 36.1 Å². The first-order chi connectivity index (χ1) is 12.4. The molecule has 27 heavy (non-hydrogen) atoms. The molecule has 9 atom stereocenters. The molecule has 8 N–H and O–H groups in total. The lowest BCUT2D eigenvalue weighted by Crippen LogP contribution is -2.85. The second-order valence-electron chi connectivity index (χ2n) is 10.7. The van der Waals surface area contributed by atoms with Gasteiger partial charge in [-0.25, -0.2) is 0 Å². The number of rotatable bonds is 0. The Bertz CT molecular complexity index is 758. The van der Waals surface area contributed by atoms with Crippen molar-refractivity contribution in [2.75, 3.05) is 6.54 Å². The van der Waals surface area contributed by atoms with E-state index in [4.69, 9.17) is 0 Å². The van der Waals surface area contributed by atoms with Crippen molar-refractivity contribution in [2.45, 2.75) is 79.9 Å². The van der Waals surface area contributed by atoms with Crippen LogP contribution < -0.4 is 5.32 Å². The zero-order chi connectivity index (χ0) is 19.5. The summed E-state index contributed by atoms with van der Waals surface area (Å²) in [6, 6.07) is -0.263. The van der Waals surface area contributed by atoms with E-state index in [1.165, 1.54) is 0 Å². The number of hydrogen-bond donors (Lipinski definition) is 8. The summed E-state index contributed by atoms with van der Waals surface area (Å²) >= 11 is 0. The van der Waals surface area contributed by atoms with Crippen LogP contribution in [0.4, 0.5) is 0 Å². The molecule has 8 heteroatoms. The summed E-state index contributed by atoms with van der Waals surface area (Å²) in [5.41, 5.74) is -9.46. The molecule has 1 heterocycles. The van der Waals surface area contributed by atoms with E-state index in [0.29, 0.717) is 12.8 Å². The quantitative estimate of drug-likeness (QED) is 0.219. The zero-order valence-electron chi connectivity index (χ0n) is 15.4. The first-order valence-corrected chi connectivity index (χ1v) is 10.2. The molecule has 6 aliphatic rings. The third-order valence-electron chi connectivity index (χ3n) is 10.3. The molecule has 0 radical (unpaired) electrons. The molecule has 0 aromatic carbocycles. The average Bonchev–Trinajstić information content (AvgIpc) is 2.80. The molecule has 1 spiro atoms. The minimum atomic E-state index is -3.25. The van der Waals surface area contributed by atoms with Gasteiger partial charge >= 0.3 is 0 Å². The van der Waals surface area contributed by atoms with Crippen molar-refractivity contribution >= 4 is 0 Å². The van der Waals surface area contributed by atoms with Crippen LogP contribution in [0.25, 0.3) is 0 Å². The van der Waals surface area contributed by atoms with Crippen molar-refractivity contribution in [3.63, 3.8) is 0 Å². The van der Waals surface area contributed by atoms with E-state index in [9.17, 15) is 35.7 Å². The van der Waals surface area contributed by atoms with E-state index < -0.39 is 39.7 Å². The Morgan fingerprint density at radius 3 is 2.30 bits per heavy atom. The van der Waals surface area contributed by atoms with Crippen molar-refractivity contribution in [3.8, 4) is 0 Å². The van der Waals surface area contributed by atoms with Crippen LogP contribution in [0.15, 0.2) is 0 Å². The van der Waals surface area contributed by atoms with Gasteiger partial charge < -0.3 is 41.1 Å². The lowest BCUT2D eigenvalue weighted by molar-refractivity contribution is -0.398. The molecular formula is C19H29NO7. The molecule has 0 aromatic heterocycles. The highest BCUT2D eigenvalue weighted by Gasteiger charge is 3.00. The van der Waals surface area contributed by atoms with Gasteiger partial charge in [0, 0.05) is 23.9 Å². The van der Waals surface area contributed by atoms with Gasteiger partial charge in [0.2, 0.25) is 11.6 Å². The first kappa shape index (κ1) is 17.5. The fraction of sp³-hybridized carbons (Fsp3) is 1.00. The smallest absolute Gasteiger partial charge is 0.231 e. The Morgan fingerprint density at radius 1 is 0.889 bits per heavy atom.